The maximum absolute atomic E-state index is 9.73. The van der Waals surface area contributed by atoms with E-state index in [0.29, 0.717) is 6.04 Å². The lowest BCUT2D eigenvalue weighted by atomic mass is 10.0. The molecule has 0 spiro atoms. The highest BCUT2D eigenvalue weighted by Crippen LogP contribution is 2.33. The van der Waals surface area contributed by atoms with Crippen molar-refractivity contribution in [3.8, 4) is 5.75 Å². The number of aromatic hydroxyl groups is 1. The topological polar surface area (TPSA) is 26.7 Å². The fourth-order valence-electron chi connectivity index (χ4n) is 2.56. The molecule has 1 saturated heterocycles. The van der Waals surface area contributed by atoms with Gasteiger partial charge in [0.1, 0.15) is 5.75 Å². The van der Waals surface area contributed by atoms with Crippen LogP contribution in [0.4, 0.5) is 0 Å². The summed E-state index contributed by atoms with van der Waals surface area (Å²) in [5.74, 6) is 0.269. The smallest absolute Gasteiger partial charge is 0.143 e. The van der Waals surface area contributed by atoms with Crippen molar-refractivity contribution in [2.75, 3.05) is 27.2 Å². The lowest BCUT2D eigenvalue weighted by Crippen LogP contribution is -2.41. The Hall–Kier alpha value is -0.100. The van der Waals surface area contributed by atoms with E-state index < -0.39 is 0 Å². The Morgan fingerprint density at radius 2 is 1.79 bits per heavy atom. The molecule has 106 valence electrons. The minimum atomic E-state index is 0.269. The Morgan fingerprint density at radius 3 is 2.32 bits per heavy atom. The van der Waals surface area contributed by atoms with Gasteiger partial charge in [0.15, 0.2) is 0 Å². The monoisotopic (exact) mass is 390 g/mol. The second kappa shape index (κ2) is 6.57. The van der Waals surface area contributed by atoms with Crippen molar-refractivity contribution in [3.05, 3.63) is 26.6 Å². The summed E-state index contributed by atoms with van der Waals surface area (Å²) in [6.07, 6.45) is 2.46. The number of hydrogen-bond donors (Lipinski definition) is 1. The summed E-state index contributed by atoms with van der Waals surface area (Å²) in [5, 5.41) is 9.73. The predicted molar refractivity (Wildman–Crippen MR) is 85.5 cm³/mol. The van der Waals surface area contributed by atoms with E-state index in [4.69, 9.17) is 0 Å². The molecule has 5 heteroatoms. The molecule has 2 rings (SSSR count). The minimum absolute atomic E-state index is 0.269. The summed E-state index contributed by atoms with van der Waals surface area (Å²) < 4.78 is 1.49. The average molecular weight is 392 g/mol. The van der Waals surface area contributed by atoms with Crippen molar-refractivity contribution in [2.45, 2.75) is 25.4 Å². The Balaban J connectivity index is 2.00. The molecular formula is C14H20Br2N2O. The van der Waals surface area contributed by atoms with Crippen LogP contribution in [0.25, 0.3) is 0 Å². The standard InChI is InChI=1S/C14H20Br2N2O/c1-17-5-3-11(4-6-17)18(2)9-10-7-12(15)14(19)13(16)8-10/h7-8,11,19H,3-6,9H2,1-2H3. The summed E-state index contributed by atoms with van der Waals surface area (Å²) in [6, 6.07) is 4.64. The first-order valence-corrected chi connectivity index (χ1v) is 8.11. The number of phenolic OH excluding ortho intramolecular Hbond substituents is 1. The van der Waals surface area contributed by atoms with Crippen LogP contribution in [0.1, 0.15) is 18.4 Å². The first kappa shape index (κ1) is 15.3. The maximum Gasteiger partial charge on any atom is 0.143 e. The number of nitrogens with zero attached hydrogens (tertiary/aromatic N) is 2. The summed E-state index contributed by atoms with van der Waals surface area (Å²) in [4.78, 5) is 4.80. The Morgan fingerprint density at radius 1 is 1.26 bits per heavy atom. The Kier molecular flexibility index (Phi) is 5.29. The van der Waals surface area contributed by atoms with Gasteiger partial charge >= 0.3 is 0 Å². The van der Waals surface area contributed by atoms with Gasteiger partial charge in [-0.15, -0.1) is 0 Å². The van der Waals surface area contributed by atoms with Crippen LogP contribution in [0.5, 0.6) is 5.75 Å². The van der Waals surface area contributed by atoms with Crippen molar-refractivity contribution in [3.63, 3.8) is 0 Å². The third-order valence-corrected chi connectivity index (χ3v) is 5.03. The summed E-state index contributed by atoms with van der Waals surface area (Å²) in [7, 11) is 4.37. The maximum atomic E-state index is 9.73. The van der Waals surface area contributed by atoms with Crippen LogP contribution >= 0.6 is 31.9 Å². The van der Waals surface area contributed by atoms with E-state index in [2.05, 4.69) is 55.8 Å². The highest BCUT2D eigenvalue weighted by atomic mass is 79.9. The highest BCUT2D eigenvalue weighted by Gasteiger charge is 2.20. The van der Waals surface area contributed by atoms with Gasteiger partial charge in [-0.05, 0) is 89.6 Å². The minimum Gasteiger partial charge on any atom is -0.506 e. The molecule has 1 heterocycles. The van der Waals surface area contributed by atoms with Gasteiger partial charge in [0.2, 0.25) is 0 Å². The first-order chi connectivity index (χ1) is 8.97. The van der Waals surface area contributed by atoms with Crippen molar-refractivity contribution in [2.24, 2.45) is 0 Å². The van der Waals surface area contributed by atoms with Crippen LogP contribution in [-0.2, 0) is 6.54 Å². The molecule has 1 fully saturated rings. The fourth-order valence-corrected chi connectivity index (χ4v) is 3.84. The fraction of sp³-hybridized carbons (Fsp3) is 0.571. The quantitative estimate of drug-likeness (QED) is 0.854. The van der Waals surface area contributed by atoms with E-state index in [9.17, 15) is 5.11 Å². The molecule has 0 amide bonds. The predicted octanol–water partition coefficient (Wildman–Crippen LogP) is 3.44. The summed E-state index contributed by atoms with van der Waals surface area (Å²) in [6.45, 7) is 3.27. The van der Waals surface area contributed by atoms with Gasteiger partial charge in [-0.3, -0.25) is 4.90 Å². The van der Waals surface area contributed by atoms with Crippen molar-refractivity contribution in [1.82, 2.24) is 9.80 Å². The summed E-state index contributed by atoms with van der Waals surface area (Å²) in [5.41, 5.74) is 1.21. The molecule has 0 aliphatic carbocycles. The lowest BCUT2D eigenvalue weighted by Gasteiger charge is -2.35. The van der Waals surface area contributed by atoms with Gasteiger partial charge in [-0.25, -0.2) is 0 Å². The molecule has 1 aliphatic heterocycles. The zero-order valence-electron chi connectivity index (χ0n) is 11.4. The van der Waals surface area contributed by atoms with Gasteiger partial charge in [-0.1, -0.05) is 0 Å². The van der Waals surface area contributed by atoms with Crippen LogP contribution in [0.3, 0.4) is 0 Å². The van der Waals surface area contributed by atoms with Crippen LogP contribution in [0.2, 0.25) is 0 Å². The van der Waals surface area contributed by atoms with E-state index in [1.54, 1.807) is 0 Å². The van der Waals surface area contributed by atoms with E-state index in [1.807, 2.05) is 12.1 Å². The normalized spacial score (nSPS) is 18.2. The molecule has 0 saturated carbocycles. The van der Waals surface area contributed by atoms with Crippen molar-refractivity contribution in [1.29, 1.82) is 0 Å². The SMILES string of the molecule is CN1CCC(N(C)Cc2cc(Br)c(O)c(Br)c2)CC1. The Labute approximate surface area is 131 Å². The summed E-state index contributed by atoms with van der Waals surface area (Å²) >= 11 is 6.77. The zero-order chi connectivity index (χ0) is 14.0. The lowest BCUT2D eigenvalue weighted by molar-refractivity contribution is 0.139. The largest absolute Gasteiger partial charge is 0.506 e. The van der Waals surface area contributed by atoms with Crippen LogP contribution < -0.4 is 0 Å². The third-order valence-electron chi connectivity index (χ3n) is 3.82. The average Bonchev–Trinajstić information content (AvgIpc) is 2.36. The van der Waals surface area contributed by atoms with Gasteiger partial charge in [0.05, 0.1) is 8.95 Å². The first-order valence-electron chi connectivity index (χ1n) is 6.53. The molecule has 0 radical (unpaired) electrons. The van der Waals surface area contributed by atoms with Crippen LogP contribution in [-0.4, -0.2) is 48.1 Å². The number of piperidine rings is 1. The van der Waals surface area contributed by atoms with Crippen LogP contribution in [0.15, 0.2) is 21.1 Å². The molecule has 1 aromatic rings. The third kappa shape index (κ3) is 3.94. The molecule has 19 heavy (non-hydrogen) atoms. The molecule has 0 aromatic heterocycles. The second-order valence-electron chi connectivity index (χ2n) is 5.36. The molecule has 0 unspecified atom stereocenters. The molecule has 1 N–H and O–H groups in total. The van der Waals surface area contributed by atoms with Crippen molar-refractivity contribution < 1.29 is 5.11 Å². The van der Waals surface area contributed by atoms with Gasteiger partial charge in [0.25, 0.3) is 0 Å². The van der Waals surface area contributed by atoms with E-state index in [-0.39, 0.29) is 5.75 Å². The number of phenols is 1. The van der Waals surface area contributed by atoms with Crippen LogP contribution in [0, 0.1) is 0 Å². The highest BCUT2D eigenvalue weighted by molar-refractivity contribution is 9.11. The van der Waals surface area contributed by atoms with E-state index >= 15 is 0 Å². The van der Waals surface area contributed by atoms with Gasteiger partial charge in [-0.2, -0.15) is 0 Å². The zero-order valence-corrected chi connectivity index (χ0v) is 14.5. The van der Waals surface area contributed by atoms with E-state index in [0.717, 1.165) is 15.5 Å². The number of rotatable bonds is 3. The molecule has 0 bridgehead atoms. The molecule has 1 aromatic carbocycles. The number of likely N-dealkylation sites (tertiary alicyclic amines) is 1. The molecule has 0 atom stereocenters. The van der Waals surface area contributed by atoms with Gasteiger partial charge < -0.3 is 10.0 Å². The van der Waals surface area contributed by atoms with E-state index in [1.165, 1.54) is 31.5 Å². The van der Waals surface area contributed by atoms with Crippen molar-refractivity contribution >= 4 is 31.9 Å². The number of halogens is 2. The molecule has 3 nitrogen and oxygen atoms in total. The molecular weight excluding hydrogens is 372 g/mol. The Bertz CT molecular complexity index is 422. The number of benzene rings is 1. The van der Waals surface area contributed by atoms with Gasteiger partial charge in [0, 0.05) is 12.6 Å². The molecule has 1 aliphatic rings. The number of hydrogen-bond acceptors (Lipinski definition) is 3. The second-order valence-corrected chi connectivity index (χ2v) is 7.07.